The smallest absolute Gasteiger partial charge is 0.253 e. The molecule has 3 heteroatoms. The Kier molecular flexibility index (Phi) is 3.45. The molecule has 1 N–H and O–H groups in total. The topological polar surface area (TPSA) is 40.5 Å². The van der Waals surface area contributed by atoms with Crippen LogP contribution in [0.25, 0.3) is 10.8 Å². The molecule has 0 aromatic heterocycles. The predicted molar refractivity (Wildman–Crippen MR) is 79.6 cm³/mol. The molecule has 3 rings (SSSR count). The summed E-state index contributed by atoms with van der Waals surface area (Å²) in [6.07, 6.45) is 1.47. The van der Waals surface area contributed by atoms with E-state index in [1.54, 1.807) is 4.90 Å². The molecule has 0 bridgehead atoms. The maximum absolute atomic E-state index is 12.4. The van der Waals surface area contributed by atoms with Gasteiger partial charge in [0.25, 0.3) is 5.91 Å². The summed E-state index contributed by atoms with van der Waals surface area (Å²) in [7, 11) is 1.84. The third-order valence-electron chi connectivity index (χ3n) is 4.09. The number of carbonyl (C=O) groups is 1. The summed E-state index contributed by atoms with van der Waals surface area (Å²) < 4.78 is 0. The van der Waals surface area contributed by atoms with Crippen LogP contribution in [0.2, 0.25) is 0 Å². The van der Waals surface area contributed by atoms with E-state index in [0.29, 0.717) is 5.92 Å². The molecule has 1 fully saturated rings. The normalized spacial score (nSPS) is 21.5. The fraction of sp³-hybridized carbons (Fsp3) is 0.353. The van der Waals surface area contributed by atoms with E-state index in [4.69, 9.17) is 0 Å². The summed E-state index contributed by atoms with van der Waals surface area (Å²) in [6.45, 7) is 0.725. The summed E-state index contributed by atoms with van der Waals surface area (Å²) in [5.41, 5.74) is 0.728. The maximum atomic E-state index is 12.4. The predicted octanol–water partition coefficient (Wildman–Crippen LogP) is 2.68. The first-order valence-corrected chi connectivity index (χ1v) is 7.06. The third-order valence-corrected chi connectivity index (χ3v) is 4.09. The van der Waals surface area contributed by atoms with E-state index >= 15 is 0 Å². The van der Waals surface area contributed by atoms with Gasteiger partial charge < -0.3 is 10.0 Å². The van der Waals surface area contributed by atoms with Crippen LogP contribution in [0.15, 0.2) is 42.5 Å². The second-order valence-electron chi connectivity index (χ2n) is 5.74. The van der Waals surface area contributed by atoms with E-state index in [1.165, 1.54) is 0 Å². The quantitative estimate of drug-likeness (QED) is 0.930. The van der Waals surface area contributed by atoms with Gasteiger partial charge >= 0.3 is 0 Å². The number of carbonyl (C=O) groups excluding carboxylic acids is 1. The molecule has 1 aliphatic rings. The summed E-state index contributed by atoms with van der Waals surface area (Å²) in [5.74, 6) is 0.497. The summed E-state index contributed by atoms with van der Waals surface area (Å²) in [6, 6.07) is 13.9. The second kappa shape index (κ2) is 5.25. The first-order valence-electron chi connectivity index (χ1n) is 7.06. The second-order valence-corrected chi connectivity index (χ2v) is 5.74. The fourth-order valence-electron chi connectivity index (χ4n) is 2.86. The highest BCUT2D eigenvalue weighted by Gasteiger charge is 2.29. The Bertz CT molecular complexity index is 632. The van der Waals surface area contributed by atoms with Crippen molar-refractivity contribution in [3.05, 3.63) is 48.0 Å². The average Bonchev–Trinajstić information content (AvgIpc) is 2.44. The van der Waals surface area contributed by atoms with Crippen molar-refractivity contribution in [2.45, 2.75) is 18.9 Å². The molecule has 0 unspecified atom stereocenters. The molecule has 0 atom stereocenters. The monoisotopic (exact) mass is 269 g/mol. The van der Waals surface area contributed by atoms with Crippen molar-refractivity contribution in [2.24, 2.45) is 5.92 Å². The van der Waals surface area contributed by atoms with Gasteiger partial charge in [0.15, 0.2) is 0 Å². The zero-order valence-corrected chi connectivity index (χ0v) is 11.6. The molecule has 1 saturated carbocycles. The highest BCUT2D eigenvalue weighted by molar-refractivity contribution is 5.98. The minimum atomic E-state index is -0.163. The largest absolute Gasteiger partial charge is 0.393 e. The molecular weight excluding hydrogens is 250 g/mol. The van der Waals surface area contributed by atoms with Gasteiger partial charge in [-0.2, -0.15) is 0 Å². The molecule has 104 valence electrons. The van der Waals surface area contributed by atoms with Gasteiger partial charge in [-0.1, -0.05) is 30.3 Å². The van der Waals surface area contributed by atoms with E-state index in [2.05, 4.69) is 0 Å². The molecule has 0 saturated heterocycles. The molecule has 0 spiro atoms. The zero-order valence-electron chi connectivity index (χ0n) is 11.6. The number of nitrogens with zero attached hydrogens (tertiary/aromatic N) is 1. The average molecular weight is 269 g/mol. The van der Waals surface area contributed by atoms with E-state index < -0.39 is 0 Å². The van der Waals surface area contributed by atoms with E-state index in [-0.39, 0.29) is 12.0 Å². The van der Waals surface area contributed by atoms with Gasteiger partial charge in [0.05, 0.1) is 6.10 Å². The van der Waals surface area contributed by atoms with Crippen LogP contribution in [0, 0.1) is 5.92 Å². The molecular formula is C17H19NO2. The van der Waals surface area contributed by atoms with Gasteiger partial charge in [-0.15, -0.1) is 0 Å². The minimum absolute atomic E-state index is 0.0529. The minimum Gasteiger partial charge on any atom is -0.393 e. The van der Waals surface area contributed by atoms with Gasteiger partial charge in [0.2, 0.25) is 0 Å². The number of fused-ring (bicyclic) bond motifs is 1. The zero-order chi connectivity index (χ0) is 14.1. The van der Waals surface area contributed by atoms with Gasteiger partial charge in [-0.25, -0.2) is 0 Å². The van der Waals surface area contributed by atoms with Crippen molar-refractivity contribution in [3.63, 3.8) is 0 Å². The van der Waals surface area contributed by atoms with Gasteiger partial charge in [-0.3, -0.25) is 4.79 Å². The van der Waals surface area contributed by atoms with Crippen LogP contribution < -0.4 is 0 Å². The molecule has 0 heterocycles. The van der Waals surface area contributed by atoms with Gasteiger partial charge in [0.1, 0.15) is 0 Å². The SMILES string of the molecule is CN(CC1CC(O)C1)C(=O)c1ccc2ccccc2c1. The van der Waals surface area contributed by atoms with E-state index in [9.17, 15) is 9.90 Å². The Morgan fingerprint density at radius 1 is 1.20 bits per heavy atom. The Labute approximate surface area is 118 Å². The Balaban J connectivity index is 1.74. The van der Waals surface area contributed by atoms with Crippen LogP contribution in [0.1, 0.15) is 23.2 Å². The van der Waals surface area contributed by atoms with Crippen LogP contribution in [0.5, 0.6) is 0 Å². The lowest BCUT2D eigenvalue weighted by Crippen LogP contribution is -2.39. The van der Waals surface area contributed by atoms with Crippen LogP contribution in [0.3, 0.4) is 0 Å². The number of aliphatic hydroxyl groups is 1. The Hall–Kier alpha value is -1.87. The van der Waals surface area contributed by atoms with E-state index in [0.717, 1.165) is 35.7 Å². The molecule has 0 aliphatic heterocycles. The Morgan fingerprint density at radius 3 is 2.60 bits per heavy atom. The number of benzene rings is 2. The van der Waals surface area contributed by atoms with Crippen molar-refractivity contribution in [3.8, 4) is 0 Å². The maximum Gasteiger partial charge on any atom is 0.253 e. The molecule has 1 aliphatic carbocycles. The van der Waals surface area contributed by atoms with Crippen molar-refractivity contribution >= 4 is 16.7 Å². The number of amides is 1. The van der Waals surface area contributed by atoms with Crippen LogP contribution in [-0.4, -0.2) is 35.6 Å². The molecule has 2 aromatic rings. The summed E-state index contributed by atoms with van der Waals surface area (Å²) >= 11 is 0. The van der Waals surface area contributed by atoms with Crippen molar-refractivity contribution in [1.29, 1.82) is 0 Å². The van der Waals surface area contributed by atoms with E-state index in [1.807, 2.05) is 49.5 Å². The van der Waals surface area contributed by atoms with Gasteiger partial charge in [0, 0.05) is 19.2 Å². The lowest BCUT2D eigenvalue weighted by atomic mass is 9.82. The highest BCUT2D eigenvalue weighted by atomic mass is 16.3. The van der Waals surface area contributed by atoms with Crippen molar-refractivity contribution in [1.82, 2.24) is 4.90 Å². The van der Waals surface area contributed by atoms with Crippen molar-refractivity contribution < 1.29 is 9.90 Å². The van der Waals surface area contributed by atoms with Crippen LogP contribution in [-0.2, 0) is 0 Å². The number of hydrogen-bond acceptors (Lipinski definition) is 2. The fourth-order valence-corrected chi connectivity index (χ4v) is 2.86. The molecule has 1 amide bonds. The molecule has 0 radical (unpaired) electrons. The highest BCUT2D eigenvalue weighted by Crippen LogP contribution is 2.28. The number of aliphatic hydroxyl groups excluding tert-OH is 1. The lowest BCUT2D eigenvalue weighted by Gasteiger charge is -2.34. The molecule has 20 heavy (non-hydrogen) atoms. The van der Waals surface area contributed by atoms with Crippen LogP contribution in [0.4, 0.5) is 0 Å². The van der Waals surface area contributed by atoms with Crippen LogP contribution >= 0.6 is 0 Å². The standard InChI is InChI=1S/C17H19NO2/c1-18(11-12-8-16(19)9-12)17(20)15-7-6-13-4-2-3-5-14(13)10-15/h2-7,10,12,16,19H,8-9,11H2,1H3. The van der Waals surface area contributed by atoms with Crippen molar-refractivity contribution in [2.75, 3.05) is 13.6 Å². The first kappa shape index (κ1) is 13.1. The number of hydrogen-bond donors (Lipinski definition) is 1. The lowest BCUT2D eigenvalue weighted by molar-refractivity contribution is 0.0265. The summed E-state index contributed by atoms with van der Waals surface area (Å²) in [4.78, 5) is 14.2. The van der Waals surface area contributed by atoms with Gasteiger partial charge in [-0.05, 0) is 41.7 Å². The number of rotatable bonds is 3. The molecule has 3 nitrogen and oxygen atoms in total. The first-order chi connectivity index (χ1) is 9.63. The third kappa shape index (κ3) is 2.54. The molecule has 2 aromatic carbocycles. The Morgan fingerprint density at radius 2 is 1.90 bits per heavy atom. The summed E-state index contributed by atoms with van der Waals surface area (Å²) in [5, 5.41) is 11.5.